The average molecular weight is 290 g/mol. The fraction of sp³-hybridized carbons (Fsp3) is 0.722. The fourth-order valence-electron chi connectivity index (χ4n) is 3.19. The molecule has 0 bridgehead atoms. The van der Waals surface area contributed by atoms with E-state index in [2.05, 4.69) is 29.8 Å². The van der Waals surface area contributed by atoms with Crippen LogP contribution in [0.25, 0.3) is 0 Å². The molecule has 0 unspecified atom stereocenters. The number of pyridine rings is 1. The van der Waals surface area contributed by atoms with Gasteiger partial charge in [-0.15, -0.1) is 0 Å². The molecule has 1 aromatic heterocycles. The molecule has 21 heavy (non-hydrogen) atoms. The van der Waals surface area contributed by atoms with Crippen LogP contribution in [0.4, 0.5) is 0 Å². The zero-order chi connectivity index (χ0) is 15.1. The van der Waals surface area contributed by atoms with Gasteiger partial charge in [-0.2, -0.15) is 0 Å². The van der Waals surface area contributed by atoms with Crippen molar-refractivity contribution in [1.82, 2.24) is 9.88 Å². The maximum atomic E-state index is 12.7. The van der Waals surface area contributed by atoms with Crippen molar-refractivity contribution in [3.05, 3.63) is 33.2 Å². The molecule has 1 aliphatic carbocycles. The number of nitrogens with zero attached hydrogens (tertiary/aromatic N) is 1. The van der Waals surface area contributed by atoms with Crippen LogP contribution in [-0.2, 0) is 25.9 Å². The molecule has 118 valence electrons. The summed E-state index contributed by atoms with van der Waals surface area (Å²) >= 11 is 0. The number of nitrogens with one attached hydrogen (secondary N) is 1. The molecular weight excluding hydrogens is 260 g/mol. The molecule has 0 spiro atoms. The molecule has 0 amide bonds. The third kappa shape index (κ3) is 4.19. The van der Waals surface area contributed by atoms with E-state index in [0.29, 0.717) is 0 Å². The van der Waals surface area contributed by atoms with E-state index in [0.717, 1.165) is 44.5 Å². The largest absolute Gasteiger partial charge is 0.312 e. The van der Waals surface area contributed by atoms with Gasteiger partial charge in [0, 0.05) is 24.3 Å². The number of aryl methyl sites for hydroxylation is 1. The summed E-state index contributed by atoms with van der Waals surface area (Å²) in [7, 11) is 0. The number of hydrogen-bond donors (Lipinski definition) is 1. The molecule has 1 aromatic rings. The van der Waals surface area contributed by atoms with Crippen LogP contribution in [0.2, 0.25) is 0 Å². The first-order chi connectivity index (χ1) is 10.3. The van der Waals surface area contributed by atoms with Crippen molar-refractivity contribution in [1.29, 1.82) is 0 Å². The molecule has 0 radical (unpaired) electrons. The summed E-state index contributed by atoms with van der Waals surface area (Å²) in [5.41, 5.74) is 3.94. The Morgan fingerprint density at radius 1 is 1.14 bits per heavy atom. The lowest BCUT2D eigenvalue weighted by Gasteiger charge is -2.15. The predicted octanol–water partition coefficient (Wildman–Crippen LogP) is 3.42. The Hall–Kier alpha value is -1.09. The molecule has 2 rings (SSSR count). The van der Waals surface area contributed by atoms with E-state index in [4.69, 9.17) is 0 Å². The first kappa shape index (κ1) is 16.3. The second kappa shape index (κ2) is 8.38. The van der Waals surface area contributed by atoms with Gasteiger partial charge < -0.3 is 9.88 Å². The van der Waals surface area contributed by atoms with E-state index in [9.17, 15) is 4.79 Å². The minimum absolute atomic E-state index is 0.246. The van der Waals surface area contributed by atoms with Gasteiger partial charge in [-0.05, 0) is 50.3 Å². The number of aromatic nitrogens is 1. The Labute approximate surface area is 128 Å². The normalized spacial score (nSPS) is 13.6. The van der Waals surface area contributed by atoms with E-state index >= 15 is 0 Å². The minimum Gasteiger partial charge on any atom is -0.312 e. The maximum Gasteiger partial charge on any atom is 0.255 e. The highest BCUT2D eigenvalue weighted by Gasteiger charge is 2.18. The van der Waals surface area contributed by atoms with Gasteiger partial charge in [0.05, 0.1) is 0 Å². The summed E-state index contributed by atoms with van der Waals surface area (Å²) < 4.78 is 2.08. The van der Waals surface area contributed by atoms with E-state index in [1.807, 2.05) is 0 Å². The van der Waals surface area contributed by atoms with E-state index in [1.165, 1.54) is 43.4 Å². The van der Waals surface area contributed by atoms with Gasteiger partial charge in [-0.25, -0.2) is 0 Å². The quantitative estimate of drug-likeness (QED) is 0.707. The highest BCUT2D eigenvalue weighted by Crippen LogP contribution is 2.21. The van der Waals surface area contributed by atoms with Crippen molar-refractivity contribution in [2.24, 2.45) is 0 Å². The molecule has 0 aliphatic heterocycles. The predicted molar refractivity (Wildman–Crippen MR) is 88.9 cm³/mol. The number of unbranched alkanes of at least 4 members (excludes halogenated alkanes) is 3. The van der Waals surface area contributed by atoms with Gasteiger partial charge in [-0.1, -0.05) is 33.1 Å². The Morgan fingerprint density at radius 2 is 1.95 bits per heavy atom. The number of fused-ring (bicyclic) bond motifs is 1. The first-order valence-corrected chi connectivity index (χ1v) is 8.73. The molecule has 0 saturated heterocycles. The van der Waals surface area contributed by atoms with Gasteiger partial charge in [-0.3, -0.25) is 4.79 Å². The fourth-order valence-corrected chi connectivity index (χ4v) is 3.19. The van der Waals surface area contributed by atoms with Crippen molar-refractivity contribution in [2.45, 2.75) is 78.3 Å². The van der Waals surface area contributed by atoms with Crippen molar-refractivity contribution < 1.29 is 0 Å². The van der Waals surface area contributed by atoms with Crippen LogP contribution >= 0.6 is 0 Å². The van der Waals surface area contributed by atoms with Crippen LogP contribution in [0.5, 0.6) is 0 Å². The van der Waals surface area contributed by atoms with E-state index < -0.39 is 0 Å². The topological polar surface area (TPSA) is 34.0 Å². The SMILES string of the molecule is CCCCCn1c2c(cc(CNCCCC)c1=O)CCC2. The Bertz CT molecular complexity index is 505. The second-order valence-corrected chi connectivity index (χ2v) is 6.19. The zero-order valence-corrected chi connectivity index (χ0v) is 13.7. The summed E-state index contributed by atoms with van der Waals surface area (Å²) in [5, 5.41) is 3.42. The molecule has 1 heterocycles. The summed E-state index contributed by atoms with van der Waals surface area (Å²) in [6.45, 7) is 7.03. The summed E-state index contributed by atoms with van der Waals surface area (Å²) in [6, 6.07) is 2.17. The molecular formula is C18H30N2O. The molecule has 1 aliphatic rings. The van der Waals surface area contributed by atoms with Crippen LogP contribution in [0.15, 0.2) is 10.9 Å². The van der Waals surface area contributed by atoms with E-state index in [1.54, 1.807) is 0 Å². The molecule has 0 fully saturated rings. The average Bonchev–Trinajstić information content (AvgIpc) is 2.94. The lowest BCUT2D eigenvalue weighted by atomic mass is 10.1. The minimum atomic E-state index is 0.246. The van der Waals surface area contributed by atoms with Crippen LogP contribution in [-0.4, -0.2) is 11.1 Å². The summed E-state index contributed by atoms with van der Waals surface area (Å²) in [4.78, 5) is 12.7. The number of rotatable bonds is 9. The monoisotopic (exact) mass is 290 g/mol. The Balaban J connectivity index is 2.14. The highest BCUT2D eigenvalue weighted by atomic mass is 16.1. The third-order valence-corrected chi connectivity index (χ3v) is 4.43. The van der Waals surface area contributed by atoms with Gasteiger partial charge in [0.1, 0.15) is 0 Å². The lowest BCUT2D eigenvalue weighted by molar-refractivity contribution is 0.559. The van der Waals surface area contributed by atoms with Crippen LogP contribution in [0.3, 0.4) is 0 Å². The molecule has 0 aromatic carbocycles. The standard InChI is InChI=1S/C18H30N2O/c1-3-5-7-12-20-17-10-8-9-15(17)13-16(18(20)21)14-19-11-6-4-2/h13,19H,3-12,14H2,1-2H3. The maximum absolute atomic E-state index is 12.7. The van der Waals surface area contributed by atoms with Crippen LogP contribution < -0.4 is 10.9 Å². The molecule has 0 atom stereocenters. The zero-order valence-electron chi connectivity index (χ0n) is 13.7. The molecule has 0 saturated carbocycles. The van der Waals surface area contributed by atoms with Gasteiger partial charge in [0.25, 0.3) is 5.56 Å². The van der Waals surface area contributed by atoms with Gasteiger partial charge in [0.15, 0.2) is 0 Å². The highest BCUT2D eigenvalue weighted by molar-refractivity contribution is 5.30. The summed E-state index contributed by atoms with van der Waals surface area (Å²) in [6.07, 6.45) is 9.33. The van der Waals surface area contributed by atoms with E-state index in [-0.39, 0.29) is 5.56 Å². The first-order valence-electron chi connectivity index (χ1n) is 8.73. The van der Waals surface area contributed by atoms with Crippen molar-refractivity contribution in [3.63, 3.8) is 0 Å². The van der Waals surface area contributed by atoms with Gasteiger partial charge in [0.2, 0.25) is 0 Å². The molecule has 1 N–H and O–H groups in total. The number of hydrogen-bond acceptors (Lipinski definition) is 2. The van der Waals surface area contributed by atoms with Crippen molar-refractivity contribution in [2.75, 3.05) is 6.54 Å². The summed E-state index contributed by atoms with van der Waals surface area (Å²) in [5.74, 6) is 0. The van der Waals surface area contributed by atoms with Crippen LogP contribution in [0.1, 0.15) is 69.2 Å². The van der Waals surface area contributed by atoms with Crippen molar-refractivity contribution in [3.8, 4) is 0 Å². The smallest absolute Gasteiger partial charge is 0.255 e. The van der Waals surface area contributed by atoms with Gasteiger partial charge >= 0.3 is 0 Å². The third-order valence-electron chi connectivity index (χ3n) is 4.43. The van der Waals surface area contributed by atoms with Crippen LogP contribution in [0, 0.1) is 0 Å². The Morgan fingerprint density at radius 3 is 2.71 bits per heavy atom. The second-order valence-electron chi connectivity index (χ2n) is 6.19. The Kier molecular flexibility index (Phi) is 6.50. The van der Waals surface area contributed by atoms with Crippen molar-refractivity contribution >= 4 is 0 Å². The molecule has 3 nitrogen and oxygen atoms in total. The lowest BCUT2D eigenvalue weighted by Crippen LogP contribution is -2.30. The molecule has 3 heteroatoms.